The minimum atomic E-state index is 0. The number of halogens is 1. The molecule has 0 bridgehead atoms. The van der Waals surface area contributed by atoms with Crippen LogP contribution >= 0.6 is 24.0 Å². The Morgan fingerprint density at radius 3 is 2.79 bits per heavy atom. The molecule has 0 saturated carbocycles. The molecule has 14 heavy (non-hydrogen) atoms. The first-order chi connectivity index (χ1) is 6.31. The van der Waals surface area contributed by atoms with Gasteiger partial charge in [0.2, 0.25) is 0 Å². The molecule has 0 aromatic heterocycles. The van der Waals surface area contributed by atoms with Crippen LogP contribution in [0.2, 0.25) is 0 Å². The van der Waals surface area contributed by atoms with Gasteiger partial charge in [-0.05, 0) is 13.3 Å². The minimum absolute atomic E-state index is 0. The summed E-state index contributed by atoms with van der Waals surface area (Å²) in [6.45, 7) is 7.20. The third-order valence-electron chi connectivity index (χ3n) is 2.36. The molecule has 1 unspecified atom stereocenters. The maximum Gasteiger partial charge on any atom is 0.194 e. The standard InChI is InChI=1S/C9H19N3O.HI/c1-3-8(7-13)11-9-10-5-6-12(9)4-2;/h8,13H,3-7H2,1-2H3,(H,10,11);1H. The Morgan fingerprint density at radius 2 is 2.29 bits per heavy atom. The monoisotopic (exact) mass is 313 g/mol. The van der Waals surface area contributed by atoms with E-state index in [4.69, 9.17) is 5.11 Å². The Hall–Kier alpha value is -0.0400. The Balaban J connectivity index is 0.00000169. The summed E-state index contributed by atoms with van der Waals surface area (Å²) in [5.74, 6) is 0.948. The first-order valence-electron chi connectivity index (χ1n) is 4.98. The van der Waals surface area contributed by atoms with Crippen LogP contribution < -0.4 is 5.32 Å². The maximum absolute atomic E-state index is 9.01. The highest BCUT2D eigenvalue weighted by Gasteiger charge is 2.17. The van der Waals surface area contributed by atoms with Gasteiger partial charge in [-0.15, -0.1) is 24.0 Å². The van der Waals surface area contributed by atoms with Crippen LogP contribution in [-0.2, 0) is 0 Å². The number of nitrogens with zero attached hydrogens (tertiary/aromatic N) is 2. The van der Waals surface area contributed by atoms with Crippen LogP contribution in [-0.4, -0.2) is 48.2 Å². The fourth-order valence-electron chi connectivity index (χ4n) is 1.39. The van der Waals surface area contributed by atoms with Crippen molar-refractivity contribution >= 4 is 29.9 Å². The lowest BCUT2D eigenvalue weighted by molar-refractivity contribution is 0.249. The first-order valence-corrected chi connectivity index (χ1v) is 4.98. The number of hydrogen-bond donors (Lipinski definition) is 2. The number of rotatable bonds is 4. The fraction of sp³-hybridized carbons (Fsp3) is 0.889. The predicted molar refractivity (Wildman–Crippen MR) is 69.3 cm³/mol. The zero-order valence-electron chi connectivity index (χ0n) is 8.86. The van der Waals surface area contributed by atoms with Crippen molar-refractivity contribution in [2.45, 2.75) is 26.3 Å². The quantitative estimate of drug-likeness (QED) is 0.750. The van der Waals surface area contributed by atoms with Crippen molar-refractivity contribution in [2.24, 2.45) is 4.99 Å². The van der Waals surface area contributed by atoms with Crippen molar-refractivity contribution < 1.29 is 5.11 Å². The van der Waals surface area contributed by atoms with Crippen LogP contribution in [0.5, 0.6) is 0 Å². The Labute approximate surface area is 103 Å². The molecule has 0 amide bonds. The molecule has 0 saturated heterocycles. The Morgan fingerprint density at radius 1 is 1.57 bits per heavy atom. The van der Waals surface area contributed by atoms with Crippen molar-refractivity contribution in [1.82, 2.24) is 10.2 Å². The smallest absolute Gasteiger partial charge is 0.194 e. The van der Waals surface area contributed by atoms with Gasteiger partial charge in [0.05, 0.1) is 19.2 Å². The molecule has 1 aliphatic heterocycles. The molecule has 1 atom stereocenters. The molecule has 1 rings (SSSR count). The number of aliphatic hydroxyl groups is 1. The van der Waals surface area contributed by atoms with Gasteiger partial charge in [0.15, 0.2) is 5.96 Å². The van der Waals surface area contributed by atoms with Crippen LogP contribution in [0.3, 0.4) is 0 Å². The van der Waals surface area contributed by atoms with Crippen LogP contribution in [0.4, 0.5) is 0 Å². The third kappa shape index (κ3) is 3.61. The van der Waals surface area contributed by atoms with E-state index in [1.165, 1.54) is 0 Å². The fourth-order valence-corrected chi connectivity index (χ4v) is 1.39. The second-order valence-corrected chi connectivity index (χ2v) is 3.22. The summed E-state index contributed by atoms with van der Waals surface area (Å²) >= 11 is 0. The summed E-state index contributed by atoms with van der Waals surface area (Å²) in [5.41, 5.74) is 0. The summed E-state index contributed by atoms with van der Waals surface area (Å²) < 4.78 is 0. The number of aliphatic imine (C=N–C) groups is 1. The molecule has 4 nitrogen and oxygen atoms in total. The second-order valence-electron chi connectivity index (χ2n) is 3.22. The number of hydrogen-bond acceptors (Lipinski definition) is 4. The van der Waals surface area contributed by atoms with Gasteiger partial charge in [-0.3, -0.25) is 4.99 Å². The van der Waals surface area contributed by atoms with Crippen LogP contribution in [0.15, 0.2) is 4.99 Å². The van der Waals surface area contributed by atoms with Crippen LogP contribution in [0, 0.1) is 0 Å². The van der Waals surface area contributed by atoms with E-state index in [-0.39, 0.29) is 36.6 Å². The maximum atomic E-state index is 9.01. The molecule has 0 fully saturated rings. The second kappa shape index (κ2) is 7.28. The first kappa shape index (κ1) is 14.0. The van der Waals surface area contributed by atoms with E-state index in [1.54, 1.807) is 0 Å². The van der Waals surface area contributed by atoms with Crippen molar-refractivity contribution in [3.05, 3.63) is 0 Å². The van der Waals surface area contributed by atoms with E-state index in [1.807, 2.05) is 0 Å². The third-order valence-corrected chi connectivity index (χ3v) is 2.36. The van der Waals surface area contributed by atoms with Crippen molar-refractivity contribution in [3.63, 3.8) is 0 Å². The molecule has 2 N–H and O–H groups in total. The van der Waals surface area contributed by atoms with Gasteiger partial charge in [0.25, 0.3) is 0 Å². The van der Waals surface area contributed by atoms with Gasteiger partial charge in [0.1, 0.15) is 0 Å². The summed E-state index contributed by atoms with van der Waals surface area (Å²) in [6.07, 6.45) is 0.924. The van der Waals surface area contributed by atoms with Gasteiger partial charge < -0.3 is 15.3 Å². The largest absolute Gasteiger partial charge is 0.394 e. The van der Waals surface area contributed by atoms with Crippen molar-refractivity contribution in [1.29, 1.82) is 0 Å². The molecule has 84 valence electrons. The highest BCUT2D eigenvalue weighted by molar-refractivity contribution is 14.0. The molecular weight excluding hydrogens is 293 g/mol. The van der Waals surface area contributed by atoms with Gasteiger partial charge in [-0.2, -0.15) is 0 Å². The lowest BCUT2D eigenvalue weighted by Crippen LogP contribution is -2.44. The average Bonchev–Trinajstić information content (AvgIpc) is 2.61. The summed E-state index contributed by atoms with van der Waals surface area (Å²) in [4.78, 5) is 6.54. The average molecular weight is 313 g/mol. The van der Waals surface area contributed by atoms with Gasteiger partial charge in [-0.1, -0.05) is 6.92 Å². The van der Waals surface area contributed by atoms with Crippen molar-refractivity contribution in [3.8, 4) is 0 Å². The molecule has 0 radical (unpaired) electrons. The molecule has 1 aliphatic rings. The molecule has 0 aliphatic carbocycles. The topological polar surface area (TPSA) is 47.9 Å². The minimum Gasteiger partial charge on any atom is -0.394 e. The van der Waals surface area contributed by atoms with E-state index in [2.05, 4.69) is 29.1 Å². The molecule has 5 heteroatoms. The summed E-state index contributed by atoms with van der Waals surface area (Å²) in [5, 5.41) is 12.3. The number of nitrogens with one attached hydrogen (secondary N) is 1. The van der Waals surface area contributed by atoms with Gasteiger partial charge >= 0.3 is 0 Å². The van der Waals surface area contributed by atoms with Crippen LogP contribution in [0.1, 0.15) is 20.3 Å². The van der Waals surface area contributed by atoms with E-state index in [0.29, 0.717) is 0 Å². The predicted octanol–water partition coefficient (Wildman–Crippen LogP) is 0.656. The molecular formula is C9H20IN3O. The molecule has 0 aromatic rings. The Kier molecular flexibility index (Phi) is 7.26. The zero-order valence-corrected chi connectivity index (χ0v) is 11.2. The molecule has 1 heterocycles. The number of likely N-dealkylation sites (N-methyl/N-ethyl adjacent to an activating group) is 1. The van der Waals surface area contributed by atoms with Crippen molar-refractivity contribution in [2.75, 3.05) is 26.2 Å². The van der Waals surface area contributed by atoms with Gasteiger partial charge in [0, 0.05) is 13.1 Å². The van der Waals surface area contributed by atoms with E-state index in [9.17, 15) is 0 Å². The lowest BCUT2D eigenvalue weighted by Gasteiger charge is -2.22. The SMILES string of the molecule is CCC(CO)NC1=NCCN1CC.I. The number of aliphatic hydroxyl groups excluding tert-OH is 1. The number of guanidine groups is 1. The van der Waals surface area contributed by atoms with E-state index < -0.39 is 0 Å². The Bertz CT molecular complexity index is 183. The van der Waals surface area contributed by atoms with Gasteiger partial charge in [-0.25, -0.2) is 0 Å². The highest BCUT2D eigenvalue weighted by atomic mass is 127. The molecule has 0 spiro atoms. The summed E-state index contributed by atoms with van der Waals surface area (Å²) in [6, 6.07) is 0.144. The van der Waals surface area contributed by atoms with E-state index in [0.717, 1.165) is 32.0 Å². The highest BCUT2D eigenvalue weighted by Crippen LogP contribution is 2.00. The summed E-state index contributed by atoms with van der Waals surface area (Å²) in [7, 11) is 0. The molecule has 0 aromatic carbocycles. The van der Waals surface area contributed by atoms with Crippen LogP contribution in [0.25, 0.3) is 0 Å². The zero-order chi connectivity index (χ0) is 9.68. The van der Waals surface area contributed by atoms with E-state index >= 15 is 0 Å². The lowest BCUT2D eigenvalue weighted by atomic mass is 10.2. The normalized spacial score (nSPS) is 17.4.